The molecular weight excluding hydrogens is 322 g/mol. The van der Waals surface area contributed by atoms with Crippen LogP contribution in [0.5, 0.6) is 0 Å². The van der Waals surface area contributed by atoms with Gasteiger partial charge < -0.3 is 15.7 Å². The van der Waals surface area contributed by atoms with E-state index in [0.717, 1.165) is 11.1 Å². The second-order valence-corrected chi connectivity index (χ2v) is 5.98. The first-order valence-electron chi connectivity index (χ1n) is 7.90. The number of fused-ring (bicyclic) bond motifs is 4. The molecule has 2 bridgehead atoms. The Bertz CT molecular complexity index is 843. The van der Waals surface area contributed by atoms with E-state index in [1.807, 2.05) is 12.1 Å². The molecule has 25 heavy (non-hydrogen) atoms. The number of anilines is 1. The van der Waals surface area contributed by atoms with Crippen molar-refractivity contribution < 1.29 is 14.7 Å². The highest BCUT2D eigenvalue weighted by Crippen LogP contribution is 2.30. The van der Waals surface area contributed by atoms with E-state index in [9.17, 15) is 9.59 Å². The molecule has 2 aromatic rings. The van der Waals surface area contributed by atoms with Crippen LogP contribution in [0.2, 0.25) is 0 Å². The molecule has 8 heteroatoms. The van der Waals surface area contributed by atoms with Gasteiger partial charge in [0.2, 0.25) is 5.91 Å². The predicted molar refractivity (Wildman–Crippen MR) is 91.9 cm³/mol. The van der Waals surface area contributed by atoms with Crippen LogP contribution >= 0.6 is 0 Å². The van der Waals surface area contributed by atoms with Gasteiger partial charge in [-0.1, -0.05) is 19.1 Å². The third kappa shape index (κ3) is 3.52. The summed E-state index contributed by atoms with van der Waals surface area (Å²) in [6, 6.07) is 1.41. The molecule has 1 aliphatic heterocycles. The molecular formula is C17H19N5O3. The minimum absolute atomic E-state index is 0.155. The molecule has 0 aromatic carbocycles. The summed E-state index contributed by atoms with van der Waals surface area (Å²) in [6.45, 7) is 1.79. The molecule has 2 atom stereocenters. The Morgan fingerprint density at radius 2 is 2.20 bits per heavy atom. The molecule has 3 N–H and O–H groups in total. The van der Waals surface area contributed by atoms with Crippen LogP contribution in [0.4, 0.5) is 10.5 Å². The van der Waals surface area contributed by atoms with E-state index in [4.69, 9.17) is 5.11 Å². The Morgan fingerprint density at radius 1 is 1.40 bits per heavy atom. The second kappa shape index (κ2) is 6.76. The molecule has 0 radical (unpaired) electrons. The molecule has 0 saturated heterocycles. The van der Waals surface area contributed by atoms with Gasteiger partial charge in [-0.05, 0) is 18.1 Å². The Kier molecular flexibility index (Phi) is 4.51. The van der Waals surface area contributed by atoms with Gasteiger partial charge in [-0.15, -0.1) is 0 Å². The van der Waals surface area contributed by atoms with E-state index in [0.29, 0.717) is 17.8 Å². The number of carbonyl (C=O) groups is 2. The van der Waals surface area contributed by atoms with Crippen molar-refractivity contribution in [3.05, 3.63) is 42.4 Å². The van der Waals surface area contributed by atoms with Crippen LogP contribution in [0.15, 0.2) is 36.8 Å². The molecule has 0 saturated carbocycles. The summed E-state index contributed by atoms with van der Waals surface area (Å²) in [6.07, 6.45) is 7.79. The Hall–Kier alpha value is -3.16. The number of amides is 2. The molecule has 2 amide bonds. The van der Waals surface area contributed by atoms with Gasteiger partial charge in [0.1, 0.15) is 0 Å². The van der Waals surface area contributed by atoms with Crippen molar-refractivity contribution in [1.82, 2.24) is 20.1 Å². The van der Waals surface area contributed by atoms with Gasteiger partial charge in [-0.3, -0.25) is 14.5 Å². The zero-order chi connectivity index (χ0) is 18.0. The highest BCUT2D eigenvalue weighted by atomic mass is 16.4. The first-order valence-corrected chi connectivity index (χ1v) is 7.90. The van der Waals surface area contributed by atoms with Crippen molar-refractivity contribution in [3.63, 3.8) is 0 Å². The Balaban J connectivity index is 2.13. The number of aryl methyl sites for hydroxylation is 1. The fourth-order valence-corrected chi connectivity index (χ4v) is 2.83. The van der Waals surface area contributed by atoms with Gasteiger partial charge in [0.15, 0.2) is 0 Å². The molecule has 2 aromatic heterocycles. The summed E-state index contributed by atoms with van der Waals surface area (Å²) in [5.74, 6) is -0.507. The largest absolute Gasteiger partial charge is 0.465 e. The number of hydrogen-bond donors (Lipinski definition) is 3. The quantitative estimate of drug-likeness (QED) is 0.690. The predicted octanol–water partition coefficient (Wildman–Crippen LogP) is 2.33. The zero-order valence-corrected chi connectivity index (χ0v) is 13.9. The van der Waals surface area contributed by atoms with Gasteiger partial charge >= 0.3 is 6.09 Å². The smallest absolute Gasteiger partial charge is 0.405 e. The summed E-state index contributed by atoms with van der Waals surface area (Å²) < 4.78 is 1.66. The van der Waals surface area contributed by atoms with Crippen LogP contribution in [0.1, 0.15) is 24.9 Å². The molecule has 3 heterocycles. The monoisotopic (exact) mass is 341 g/mol. The summed E-state index contributed by atoms with van der Waals surface area (Å²) >= 11 is 0. The van der Waals surface area contributed by atoms with Gasteiger partial charge in [0.05, 0.1) is 29.5 Å². The molecule has 130 valence electrons. The van der Waals surface area contributed by atoms with Crippen LogP contribution in [0.3, 0.4) is 0 Å². The van der Waals surface area contributed by atoms with Crippen molar-refractivity contribution in [2.45, 2.75) is 19.4 Å². The average Bonchev–Trinajstić information content (AvgIpc) is 2.93. The lowest BCUT2D eigenvalue weighted by atomic mass is 10.0. The lowest BCUT2D eigenvalue weighted by Gasteiger charge is -2.18. The molecule has 1 aliphatic rings. The van der Waals surface area contributed by atoms with E-state index < -0.39 is 12.1 Å². The Morgan fingerprint density at radius 3 is 2.96 bits per heavy atom. The minimum atomic E-state index is -1.11. The van der Waals surface area contributed by atoms with Gasteiger partial charge in [0, 0.05) is 25.0 Å². The lowest BCUT2D eigenvalue weighted by molar-refractivity contribution is -0.118. The maximum Gasteiger partial charge on any atom is 0.405 e. The number of rotatable bonds is 1. The fourth-order valence-electron chi connectivity index (χ4n) is 2.83. The van der Waals surface area contributed by atoms with Crippen molar-refractivity contribution in [1.29, 1.82) is 0 Å². The SMILES string of the molecule is C[C@@H]1C=CC[C@H](NC(=O)O)c2cncc(c2)-c2c(cnn2C)NC1=O. The first kappa shape index (κ1) is 16.7. The van der Waals surface area contributed by atoms with E-state index in [-0.39, 0.29) is 11.8 Å². The normalized spacial score (nSPS) is 20.0. The molecule has 0 aliphatic carbocycles. The topological polar surface area (TPSA) is 109 Å². The maximum absolute atomic E-state index is 12.4. The zero-order valence-electron chi connectivity index (χ0n) is 13.9. The molecule has 0 unspecified atom stereocenters. The van der Waals surface area contributed by atoms with Crippen LogP contribution in [-0.2, 0) is 11.8 Å². The Labute approximate surface area is 144 Å². The molecule has 0 fully saturated rings. The third-order valence-electron chi connectivity index (χ3n) is 4.14. The van der Waals surface area contributed by atoms with Crippen LogP contribution < -0.4 is 10.6 Å². The van der Waals surface area contributed by atoms with Gasteiger partial charge in [-0.25, -0.2) is 4.79 Å². The number of carboxylic acid groups (broad SMARTS) is 1. The van der Waals surface area contributed by atoms with E-state index in [1.165, 1.54) is 0 Å². The summed E-state index contributed by atoms with van der Waals surface area (Å²) in [7, 11) is 1.78. The first-order chi connectivity index (χ1) is 12.0. The minimum Gasteiger partial charge on any atom is -0.465 e. The highest BCUT2D eigenvalue weighted by Gasteiger charge is 2.20. The van der Waals surface area contributed by atoms with Crippen molar-refractivity contribution in [2.24, 2.45) is 13.0 Å². The van der Waals surface area contributed by atoms with Gasteiger partial charge in [-0.2, -0.15) is 5.10 Å². The third-order valence-corrected chi connectivity index (χ3v) is 4.14. The van der Waals surface area contributed by atoms with Gasteiger partial charge in [0.25, 0.3) is 0 Å². The average molecular weight is 341 g/mol. The number of nitrogens with one attached hydrogen (secondary N) is 2. The number of hydrogen-bond acceptors (Lipinski definition) is 4. The standard InChI is InChI=1S/C17H19N5O3/c1-10-4-3-5-13(21-17(24)25)11-6-12(8-18-7-11)15-14(20-16(10)23)9-19-22(15)2/h3-4,6-10,13,21H,5H2,1-2H3,(H,20,23)(H,24,25)/t10-,13+/m1/s1. The highest BCUT2D eigenvalue weighted by molar-refractivity contribution is 5.96. The van der Waals surface area contributed by atoms with Crippen molar-refractivity contribution in [2.75, 3.05) is 5.32 Å². The molecule has 8 nitrogen and oxygen atoms in total. The van der Waals surface area contributed by atoms with Crippen molar-refractivity contribution >= 4 is 17.7 Å². The lowest BCUT2D eigenvalue weighted by Crippen LogP contribution is -2.27. The van der Waals surface area contributed by atoms with Crippen LogP contribution in [0, 0.1) is 5.92 Å². The summed E-state index contributed by atoms with van der Waals surface area (Å²) in [5, 5.41) is 18.7. The number of aromatic nitrogens is 3. The summed E-state index contributed by atoms with van der Waals surface area (Å²) in [4.78, 5) is 27.7. The number of pyridine rings is 1. The maximum atomic E-state index is 12.4. The van der Waals surface area contributed by atoms with E-state index >= 15 is 0 Å². The fraction of sp³-hybridized carbons (Fsp3) is 0.294. The number of nitrogens with zero attached hydrogens (tertiary/aromatic N) is 3. The summed E-state index contributed by atoms with van der Waals surface area (Å²) in [5.41, 5.74) is 2.81. The number of carbonyl (C=O) groups excluding carboxylic acids is 1. The van der Waals surface area contributed by atoms with Crippen LogP contribution in [-0.4, -0.2) is 31.9 Å². The van der Waals surface area contributed by atoms with Crippen molar-refractivity contribution in [3.8, 4) is 11.3 Å². The van der Waals surface area contributed by atoms with E-state index in [1.54, 1.807) is 43.3 Å². The van der Waals surface area contributed by atoms with E-state index in [2.05, 4.69) is 20.7 Å². The molecule has 3 rings (SSSR count). The molecule has 0 spiro atoms. The second-order valence-electron chi connectivity index (χ2n) is 5.98. The van der Waals surface area contributed by atoms with Crippen LogP contribution in [0.25, 0.3) is 11.3 Å².